The van der Waals surface area contributed by atoms with Gasteiger partial charge in [-0.15, -0.1) is 0 Å². The maximum Gasteiger partial charge on any atom is 0.292 e. The van der Waals surface area contributed by atoms with Crippen molar-refractivity contribution in [1.29, 1.82) is 0 Å². The van der Waals surface area contributed by atoms with E-state index in [0.717, 1.165) is 20.9 Å². The lowest BCUT2D eigenvalue weighted by molar-refractivity contribution is -0.116. The molecule has 2 aromatic heterocycles. The second-order valence-corrected chi connectivity index (χ2v) is 6.99. The summed E-state index contributed by atoms with van der Waals surface area (Å²) in [5.74, 6) is -1.76. The third kappa shape index (κ3) is 3.17. The molecule has 3 N–H and O–H groups in total. The van der Waals surface area contributed by atoms with Crippen molar-refractivity contribution < 1.29 is 14.4 Å². The summed E-state index contributed by atoms with van der Waals surface area (Å²) >= 11 is 3.38. The molecule has 0 spiro atoms. The van der Waals surface area contributed by atoms with Gasteiger partial charge < -0.3 is 15.3 Å². The molecule has 0 saturated heterocycles. The van der Waals surface area contributed by atoms with Crippen molar-refractivity contribution >= 4 is 55.2 Å². The first kappa shape index (κ1) is 17.2. The molecule has 0 aliphatic carbocycles. The minimum atomic E-state index is -0.810. The van der Waals surface area contributed by atoms with Gasteiger partial charge in [-0.2, -0.15) is 0 Å². The van der Waals surface area contributed by atoms with Crippen LogP contribution in [0.15, 0.2) is 59.3 Å². The van der Waals surface area contributed by atoms with Crippen LogP contribution in [0.3, 0.4) is 0 Å². The second kappa shape index (κ2) is 6.85. The zero-order valence-electron chi connectivity index (χ0n) is 14.0. The van der Waals surface area contributed by atoms with Crippen molar-refractivity contribution in [1.82, 2.24) is 15.3 Å². The highest BCUT2D eigenvalue weighted by Gasteiger charge is 2.21. The highest BCUT2D eigenvalue weighted by atomic mass is 79.9. The number of halogens is 1. The number of aromatic amines is 2. The van der Waals surface area contributed by atoms with Crippen LogP contribution in [0.4, 0.5) is 0 Å². The molecule has 27 heavy (non-hydrogen) atoms. The van der Waals surface area contributed by atoms with E-state index < -0.39 is 11.7 Å². The van der Waals surface area contributed by atoms with Gasteiger partial charge in [0, 0.05) is 44.2 Å². The van der Waals surface area contributed by atoms with Crippen LogP contribution >= 0.6 is 15.9 Å². The molecule has 0 aliphatic heterocycles. The standard InChI is InChI=1S/C20H14BrN3O3/c21-11-5-6-13-14(8-23-17(13)7-11)18(25)10-24-20(27)19(26)15-9-22-16-4-2-1-3-12(15)16/h1-9,22-23H,10H2,(H,24,27). The van der Waals surface area contributed by atoms with Crippen molar-refractivity contribution in [2.45, 2.75) is 0 Å². The van der Waals surface area contributed by atoms with E-state index in [1.807, 2.05) is 30.3 Å². The van der Waals surface area contributed by atoms with Crippen LogP contribution in [0.2, 0.25) is 0 Å². The molecule has 1 amide bonds. The van der Waals surface area contributed by atoms with Crippen LogP contribution in [0.25, 0.3) is 21.8 Å². The molecule has 4 rings (SSSR count). The quantitative estimate of drug-likeness (QED) is 0.338. The third-order valence-electron chi connectivity index (χ3n) is 4.39. The van der Waals surface area contributed by atoms with Gasteiger partial charge in [-0.3, -0.25) is 14.4 Å². The molecule has 0 saturated carbocycles. The minimum absolute atomic E-state index is 0.254. The number of nitrogens with one attached hydrogen (secondary N) is 3. The van der Waals surface area contributed by atoms with E-state index in [4.69, 9.17) is 0 Å². The minimum Gasteiger partial charge on any atom is -0.360 e. The SMILES string of the molecule is O=C(NCC(=O)c1c[nH]c2cc(Br)ccc12)C(=O)c1c[nH]c2ccccc12. The first-order valence-corrected chi connectivity index (χ1v) is 9.02. The molecule has 4 aromatic rings. The molecule has 0 radical (unpaired) electrons. The number of Topliss-reactive ketones (excluding diaryl/α,β-unsaturated/α-hetero) is 2. The normalized spacial score (nSPS) is 11.0. The number of para-hydroxylation sites is 1. The number of hydrogen-bond donors (Lipinski definition) is 3. The summed E-state index contributed by atoms with van der Waals surface area (Å²) in [6, 6.07) is 12.7. The summed E-state index contributed by atoms with van der Waals surface area (Å²) in [7, 11) is 0. The fraction of sp³-hybridized carbons (Fsp3) is 0.0500. The number of ketones is 2. The number of benzene rings is 2. The Bertz CT molecular complexity index is 1210. The zero-order chi connectivity index (χ0) is 19.0. The van der Waals surface area contributed by atoms with Crippen LogP contribution in [0, 0.1) is 0 Å². The Labute approximate surface area is 162 Å². The number of fused-ring (bicyclic) bond motifs is 2. The molecule has 2 heterocycles. The molecule has 6 nitrogen and oxygen atoms in total. The monoisotopic (exact) mass is 423 g/mol. The topological polar surface area (TPSA) is 94.8 Å². The van der Waals surface area contributed by atoms with Crippen molar-refractivity contribution in [3.05, 3.63) is 70.5 Å². The zero-order valence-corrected chi connectivity index (χ0v) is 15.6. The largest absolute Gasteiger partial charge is 0.360 e. The maximum absolute atomic E-state index is 12.5. The Balaban J connectivity index is 1.48. The molecule has 7 heteroatoms. The van der Waals surface area contributed by atoms with Gasteiger partial charge in [0.25, 0.3) is 11.7 Å². The van der Waals surface area contributed by atoms with Gasteiger partial charge in [-0.05, 0) is 18.2 Å². The molecule has 0 unspecified atom stereocenters. The number of carbonyl (C=O) groups is 3. The summed E-state index contributed by atoms with van der Waals surface area (Å²) in [6.45, 7) is -0.254. The van der Waals surface area contributed by atoms with Gasteiger partial charge in [-0.25, -0.2) is 0 Å². The van der Waals surface area contributed by atoms with Crippen molar-refractivity contribution in [3.63, 3.8) is 0 Å². The number of carbonyl (C=O) groups excluding carboxylic acids is 3. The Morgan fingerprint density at radius 2 is 1.59 bits per heavy atom. The highest BCUT2D eigenvalue weighted by molar-refractivity contribution is 9.10. The second-order valence-electron chi connectivity index (χ2n) is 6.08. The Morgan fingerprint density at radius 1 is 0.889 bits per heavy atom. The Morgan fingerprint density at radius 3 is 2.44 bits per heavy atom. The van der Waals surface area contributed by atoms with Gasteiger partial charge in [0.15, 0.2) is 5.78 Å². The molecule has 2 aromatic carbocycles. The van der Waals surface area contributed by atoms with Crippen molar-refractivity contribution in [2.75, 3.05) is 6.54 Å². The molecular formula is C20H14BrN3O3. The van der Waals surface area contributed by atoms with Gasteiger partial charge in [0.2, 0.25) is 0 Å². The average molecular weight is 424 g/mol. The number of rotatable bonds is 5. The first-order valence-electron chi connectivity index (χ1n) is 8.23. The first-order chi connectivity index (χ1) is 13.0. The molecular weight excluding hydrogens is 410 g/mol. The number of hydrogen-bond acceptors (Lipinski definition) is 3. The van der Waals surface area contributed by atoms with Gasteiger partial charge in [0.1, 0.15) is 0 Å². The van der Waals surface area contributed by atoms with E-state index in [-0.39, 0.29) is 17.9 Å². The fourth-order valence-corrected chi connectivity index (χ4v) is 3.41. The smallest absolute Gasteiger partial charge is 0.292 e. The van der Waals surface area contributed by atoms with Gasteiger partial charge in [0.05, 0.1) is 12.1 Å². The Kier molecular flexibility index (Phi) is 4.37. The van der Waals surface area contributed by atoms with E-state index in [0.29, 0.717) is 10.9 Å². The number of H-pyrrole nitrogens is 2. The van der Waals surface area contributed by atoms with Crippen LogP contribution in [0.5, 0.6) is 0 Å². The van der Waals surface area contributed by atoms with E-state index in [2.05, 4.69) is 31.2 Å². The lowest BCUT2D eigenvalue weighted by atomic mass is 10.1. The lowest BCUT2D eigenvalue weighted by Crippen LogP contribution is -2.35. The summed E-state index contributed by atoms with van der Waals surface area (Å²) in [5, 5.41) is 3.86. The molecule has 0 fully saturated rings. The Hall–Kier alpha value is -3.19. The van der Waals surface area contributed by atoms with Crippen molar-refractivity contribution in [3.8, 4) is 0 Å². The van der Waals surface area contributed by atoms with E-state index in [1.54, 1.807) is 18.3 Å². The molecule has 0 bridgehead atoms. The lowest BCUT2D eigenvalue weighted by Gasteiger charge is -2.03. The van der Waals surface area contributed by atoms with Crippen LogP contribution in [-0.2, 0) is 4.79 Å². The maximum atomic E-state index is 12.5. The summed E-state index contributed by atoms with van der Waals surface area (Å²) in [5.41, 5.74) is 2.34. The third-order valence-corrected chi connectivity index (χ3v) is 4.89. The van der Waals surface area contributed by atoms with E-state index >= 15 is 0 Å². The summed E-state index contributed by atoms with van der Waals surface area (Å²) < 4.78 is 0.897. The van der Waals surface area contributed by atoms with Crippen LogP contribution < -0.4 is 5.32 Å². The van der Waals surface area contributed by atoms with E-state index in [9.17, 15) is 14.4 Å². The molecule has 134 valence electrons. The predicted molar refractivity (Wildman–Crippen MR) is 106 cm³/mol. The average Bonchev–Trinajstić information content (AvgIpc) is 3.29. The number of aromatic nitrogens is 2. The summed E-state index contributed by atoms with van der Waals surface area (Å²) in [4.78, 5) is 43.1. The highest BCUT2D eigenvalue weighted by Crippen LogP contribution is 2.22. The molecule has 0 atom stereocenters. The van der Waals surface area contributed by atoms with Crippen LogP contribution in [-0.4, -0.2) is 34.0 Å². The predicted octanol–water partition coefficient (Wildman–Crippen LogP) is 3.59. The summed E-state index contributed by atoms with van der Waals surface area (Å²) in [6.07, 6.45) is 3.11. The molecule has 0 aliphatic rings. The number of amides is 1. The van der Waals surface area contributed by atoms with Gasteiger partial charge >= 0.3 is 0 Å². The van der Waals surface area contributed by atoms with Gasteiger partial charge in [-0.1, -0.05) is 40.2 Å². The van der Waals surface area contributed by atoms with Crippen molar-refractivity contribution in [2.24, 2.45) is 0 Å². The fourth-order valence-electron chi connectivity index (χ4n) is 3.05. The van der Waals surface area contributed by atoms with E-state index in [1.165, 1.54) is 6.20 Å². The van der Waals surface area contributed by atoms with Crippen LogP contribution in [0.1, 0.15) is 20.7 Å².